The van der Waals surface area contributed by atoms with Crippen LogP contribution in [0.2, 0.25) is 10.0 Å². The van der Waals surface area contributed by atoms with Gasteiger partial charge in [-0.1, -0.05) is 23.2 Å². The van der Waals surface area contributed by atoms with Gasteiger partial charge in [0.05, 0.1) is 40.8 Å². The van der Waals surface area contributed by atoms with Gasteiger partial charge in [-0.2, -0.15) is 0 Å². The number of aromatic nitrogens is 2. The van der Waals surface area contributed by atoms with Gasteiger partial charge in [-0.15, -0.1) is 0 Å². The summed E-state index contributed by atoms with van der Waals surface area (Å²) in [6.07, 6.45) is 0.601. The van der Waals surface area contributed by atoms with Gasteiger partial charge in [0.25, 0.3) is 5.91 Å². The number of carboxylic acid groups (broad SMARTS) is 1. The molecule has 1 N–H and O–H groups in total. The normalized spacial score (nSPS) is 18.2. The summed E-state index contributed by atoms with van der Waals surface area (Å²) in [7, 11) is 0. The minimum absolute atomic E-state index is 0.0959. The first-order valence-electron chi connectivity index (χ1n) is 13.8. The number of rotatable bonds is 9. The van der Waals surface area contributed by atoms with Crippen LogP contribution in [0.4, 0.5) is 0 Å². The van der Waals surface area contributed by atoms with Crippen molar-refractivity contribution in [3.63, 3.8) is 0 Å². The van der Waals surface area contributed by atoms with Gasteiger partial charge in [0, 0.05) is 37.8 Å². The first kappa shape index (κ1) is 28.5. The Morgan fingerprint density at radius 3 is 2.57 bits per heavy atom. The third kappa shape index (κ3) is 5.98. The molecule has 1 unspecified atom stereocenters. The number of carbonyl (C=O) groups excluding carboxylic acids is 1. The number of fused-ring (bicyclic) bond motifs is 1. The lowest BCUT2D eigenvalue weighted by Gasteiger charge is -2.34. The summed E-state index contributed by atoms with van der Waals surface area (Å²) in [6, 6.07) is 13.4. The van der Waals surface area contributed by atoms with Gasteiger partial charge in [0.2, 0.25) is 0 Å². The van der Waals surface area contributed by atoms with E-state index in [0.29, 0.717) is 60.8 Å². The summed E-state index contributed by atoms with van der Waals surface area (Å²) < 4.78 is 19.5. The molecular weight excluding hydrogens is 583 g/mol. The smallest absolute Gasteiger partial charge is 0.335 e. The highest BCUT2D eigenvalue weighted by Gasteiger charge is 2.28. The molecule has 42 heavy (non-hydrogen) atoms. The summed E-state index contributed by atoms with van der Waals surface area (Å²) in [4.78, 5) is 33.7. The zero-order chi connectivity index (χ0) is 29.4. The molecule has 6 rings (SSSR count). The number of piperazine rings is 1. The highest BCUT2D eigenvalue weighted by molar-refractivity contribution is 6.35. The van der Waals surface area contributed by atoms with E-state index in [9.17, 15) is 14.7 Å². The Hall–Kier alpha value is -3.57. The Bertz CT molecular complexity index is 1620. The van der Waals surface area contributed by atoms with Crippen molar-refractivity contribution < 1.29 is 28.6 Å². The summed E-state index contributed by atoms with van der Waals surface area (Å²) in [5.74, 6) is 0.964. The number of aromatic carboxylic acids is 1. The third-order valence-electron chi connectivity index (χ3n) is 7.71. The Labute approximate surface area is 252 Å². The largest absolute Gasteiger partial charge is 0.481 e. The summed E-state index contributed by atoms with van der Waals surface area (Å²) in [5.41, 5.74) is 1.78. The van der Waals surface area contributed by atoms with Crippen LogP contribution >= 0.6 is 23.2 Å². The van der Waals surface area contributed by atoms with Crippen LogP contribution in [-0.4, -0.2) is 75.2 Å². The van der Waals surface area contributed by atoms with Crippen LogP contribution in [0.1, 0.15) is 51.9 Å². The molecule has 4 aromatic rings. The van der Waals surface area contributed by atoms with Gasteiger partial charge < -0.3 is 28.5 Å². The number of ether oxygens (including phenoxy) is 2. The third-order valence-corrected chi connectivity index (χ3v) is 8.24. The molecule has 0 bridgehead atoms. The Morgan fingerprint density at radius 1 is 1.10 bits per heavy atom. The number of nitrogens with zero attached hydrogens (tertiary/aromatic N) is 4. The van der Waals surface area contributed by atoms with Gasteiger partial charge in [-0.3, -0.25) is 9.69 Å². The lowest BCUT2D eigenvalue weighted by atomic mass is 10.1. The maximum absolute atomic E-state index is 13.2. The standard InChI is InChI=1S/C30H30Cl2N4O6/c1-18(41-26-5-3-20(31)15-22(26)32)25-6-7-27(42-25)29(37)35-11-9-34(10-12-35)17-28-33-23-4-2-19(30(38)39)14-24(23)36(28)16-21-8-13-40-21/h2-7,14-15,18,21H,8-13,16-17H2,1H3,(H,38,39)/t18?,21-/m0/s1. The second kappa shape index (κ2) is 12.0. The molecule has 0 aliphatic carbocycles. The minimum atomic E-state index is -0.969. The van der Waals surface area contributed by atoms with Crippen molar-refractivity contribution in [3.8, 4) is 5.75 Å². The summed E-state index contributed by atoms with van der Waals surface area (Å²) in [5, 5.41) is 10.4. The number of hydrogen-bond acceptors (Lipinski definition) is 7. The number of amides is 1. The fraction of sp³-hybridized carbons (Fsp3) is 0.367. The van der Waals surface area contributed by atoms with Gasteiger partial charge in [-0.05, 0) is 61.9 Å². The molecule has 220 valence electrons. The molecule has 2 aromatic heterocycles. The number of benzene rings is 2. The molecule has 1 amide bonds. The van der Waals surface area contributed by atoms with Crippen LogP contribution in [0.25, 0.3) is 11.0 Å². The van der Waals surface area contributed by atoms with Crippen molar-refractivity contribution in [1.82, 2.24) is 19.4 Å². The second-order valence-corrected chi connectivity index (χ2v) is 11.4. The highest BCUT2D eigenvalue weighted by Crippen LogP contribution is 2.32. The van der Waals surface area contributed by atoms with E-state index >= 15 is 0 Å². The Kier molecular flexibility index (Phi) is 8.13. The van der Waals surface area contributed by atoms with E-state index in [-0.39, 0.29) is 23.3 Å². The summed E-state index contributed by atoms with van der Waals surface area (Å²) in [6.45, 7) is 6.17. The average Bonchev–Trinajstić information content (AvgIpc) is 3.57. The molecule has 2 fully saturated rings. The molecule has 2 aliphatic heterocycles. The number of halogens is 2. The van der Waals surface area contributed by atoms with Crippen LogP contribution in [0.15, 0.2) is 52.9 Å². The van der Waals surface area contributed by atoms with Crippen molar-refractivity contribution in [2.75, 3.05) is 32.8 Å². The van der Waals surface area contributed by atoms with E-state index < -0.39 is 12.1 Å². The van der Waals surface area contributed by atoms with Crippen molar-refractivity contribution >= 4 is 46.1 Å². The molecule has 12 heteroatoms. The minimum Gasteiger partial charge on any atom is -0.481 e. The van der Waals surface area contributed by atoms with E-state index in [4.69, 9.17) is 42.1 Å². The maximum Gasteiger partial charge on any atom is 0.335 e. The van der Waals surface area contributed by atoms with Crippen LogP contribution < -0.4 is 4.74 Å². The molecule has 2 atom stereocenters. The first-order valence-corrected chi connectivity index (χ1v) is 14.6. The van der Waals surface area contributed by atoms with E-state index in [0.717, 1.165) is 29.9 Å². The molecule has 2 aromatic carbocycles. The van der Waals surface area contributed by atoms with Crippen LogP contribution in [0.5, 0.6) is 5.75 Å². The number of hydrogen-bond donors (Lipinski definition) is 1. The van der Waals surface area contributed by atoms with E-state index in [1.54, 1.807) is 53.4 Å². The predicted molar refractivity (Wildman–Crippen MR) is 156 cm³/mol. The molecule has 2 saturated heterocycles. The van der Waals surface area contributed by atoms with Crippen molar-refractivity contribution in [1.29, 1.82) is 0 Å². The van der Waals surface area contributed by atoms with Crippen LogP contribution in [0, 0.1) is 0 Å². The van der Waals surface area contributed by atoms with Gasteiger partial charge >= 0.3 is 5.97 Å². The van der Waals surface area contributed by atoms with Gasteiger partial charge in [0.15, 0.2) is 11.9 Å². The van der Waals surface area contributed by atoms with Crippen molar-refractivity contribution in [2.45, 2.75) is 38.6 Å². The molecule has 4 heterocycles. The molecule has 0 spiro atoms. The zero-order valence-electron chi connectivity index (χ0n) is 23.0. The van der Waals surface area contributed by atoms with E-state index in [1.165, 1.54) is 0 Å². The molecule has 10 nitrogen and oxygen atoms in total. The molecule has 2 aliphatic rings. The van der Waals surface area contributed by atoms with E-state index in [1.807, 2.05) is 6.92 Å². The number of carboxylic acids is 1. The Morgan fingerprint density at radius 2 is 1.88 bits per heavy atom. The van der Waals surface area contributed by atoms with Gasteiger partial charge in [0.1, 0.15) is 17.3 Å². The summed E-state index contributed by atoms with van der Waals surface area (Å²) >= 11 is 12.2. The topological polar surface area (TPSA) is 110 Å². The number of imidazole rings is 1. The lowest BCUT2D eigenvalue weighted by molar-refractivity contribution is -0.0592. The first-order chi connectivity index (χ1) is 20.2. The van der Waals surface area contributed by atoms with Crippen molar-refractivity contribution in [2.24, 2.45) is 0 Å². The lowest BCUT2D eigenvalue weighted by Crippen LogP contribution is -2.48. The average molecular weight is 613 g/mol. The maximum atomic E-state index is 13.2. The Balaban J connectivity index is 1.09. The predicted octanol–water partition coefficient (Wildman–Crippen LogP) is 5.52. The highest BCUT2D eigenvalue weighted by atomic mass is 35.5. The number of furan rings is 1. The van der Waals surface area contributed by atoms with E-state index in [2.05, 4.69) is 9.47 Å². The fourth-order valence-electron chi connectivity index (χ4n) is 5.23. The monoisotopic (exact) mass is 612 g/mol. The molecule has 0 saturated carbocycles. The SMILES string of the molecule is CC(Oc1ccc(Cl)cc1Cl)c1ccc(C(=O)N2CCN(Cc3nc4ccc(C(=O)O)cc4n3C[C@@H]3CCO3)CC2)o1. The zero-order valence-corrected chi connectivity index (χ0v) is 24.5. The quantitative estimate of drug-likeness (QED) is 0.263. The second-order valence-electron chi connectivity index (χ2n) is 10.5. The number of carbonyl (C=O) groups is 2. The molecule has 0 radical (unpaired) electrons. The van der Waals surface area contributed by atoms with Crippen LogP contribution in [-0.2, 0) is 17.8 Å². The fourth-order valence-corrected chi connectivity index (χ4v) is 5.69. The van der Waals surface area contributed by atoms with Gasteiger partial charge in [-0.25, -0.2) is 9.78 Å². The molecular formula is C30H30Cl2N4O6. The van der Waals surface area contributed by atoms with Crippen molar-refractivity contribution in [3.05, 3.63) is 81.5 Å². The van der Waals surface area contributed by atoms with Crippen LogP contribution in [0.3, 0.4) is 0 Å².